The summed E-state index contributed by atoms with van der Waals surface area (Å²) in [5.41, 5.74) is -0.191. The van der Waals surface area contributed by atoms with E-state index in [0.717, 1.165) is 20.9 Å². The van der Waals surface area contributed by atoms with Crippen LogP contribution in [0.4, 0.5) is 4.39 Å². The van der Waals surface area contributed by atoms with Crippen molar-refractivity contribution in [1.29, 1.82) is 0 Å². The number of hydrogen-bond donors (Lipinski definition) is 1. The number of aromatic nitrogens is 4. The fourth-order valence-electron chi connectivity index (χ4n) is 3.21. The Morgan fingerprint density at radius 1 is 1.03 bits per heavy atom. The Labute approximate surface area is 188 Å². The second-order valence-electron chi connectivity index (χ2n) is 7.40. The van der Waals surface area contributed by atoms with Crippen LogP contribution >= 0.6 is 0 Å². The molecule has 0 saturated carbocycles. The number of rotatable bonds is 6. The van der Waals surface area contributed by atoms with Crippen molar-refractivity contribution in [3.8, 4) is 5.69 Å². The van der Waals surface area contributed by atoms with Gasteiger partial charge in [-0.25, -0.2) is 9.18 Å². The van der Waals surface area contributed by atoms with E-state index < -0.39 is 28.7 Å². The monoisotopic (exact) mass is 445 g/mol. The molecule has 4 aromatic rings. The molecule has 2 aromatic carbocycles. The van der Waals surface area contributed by atoms with Gasteiger partial charge in [0.1, 0.15) is 5.82 Å². The van der Waals surface area contributed by atoms with Gasteiger partial charge in [-0.2, -0.15) is 9.78 Å². The van der Waals surface area contributed by atoms with E-state index >= 15 is 0 Å². The second kappa shape index (κ2) is 9.39. The lowest BCUT2D eigenvalue weighted by molar-refractivity contribution is 0.0941. The summed E-state index contributed by atoms with van der Waals surface area (Å²) >= 11 is 0. The Hall–Kier alpha value is -4.40. The molecule has 0 unspecified atom stereocenters. The molecule has 0 atom stereocenters. The van der Waals surface area contributed by atoms with Crippen LogP contribution in [0.15, 0.2) is 82.6 Å². The highest BCUT2D eigenvalue weighted by Gasteiger charge is 2.21. The summed E-state index contributed by atoms with van der Waals surface area (Å²) in [4.78, 5) is 43.1. The van der Waals surface area contributed by atoms with Crippen LogP contribution in [-0.2, 0) is 13.1 Å². The maximum absolute atomic E-state index is 14.2. The third-order valence-electron chi connectivity index (χ3n) is 5.03. The van der Waals surface area contributed by atoms with Gasteiger partial charge in [-0.1, -0.05) is 42.5 Å². The first-order valence-corrected chi connectivity index (χ1v) is 10.2. The fourth-order valence-corrected chi connectivity index (χ4v) is 3.21. The molecule has 9 heteroatoms. The third kappa shape index (κ3) is 4.77. The molecule has 0 bridgehead atoms. The lowest BCUT2D eigenvalue weighted by Gasteiger charge is -2.13. The van der Waals surface area contributed by atoms with Gasteiger partial charge in [0.2, 0.25) is 5.69 Å². The summed E-state index contributed by atoms with van der Waals surface area (Å²) < 4.78 is 16.0. The van der Waals surface area contributed by atoms with Crippen LogP contribution in [0.5, 0.6) is 0 Å². The summed E-state index contributed by atoms with van der Waals surface area (Å²) in [6.07, 6.45) is 3.18. The number of pyridine rings is 1. The predicted molar refractivity (Wildman–Crippen MR) is 120 cm³/mol. The smallest absolute Gasteiger partial charge is 0.346 e. The van der Waals surface area contributed by atoms with Gasteiger partial charge in [0.05, 0.1) is 12.2 Å². The van der Waals surface area contributed by atoms with Gasteiger partial charge in [-0.3, -0.25) is 19.1 Å². The molecule has 166 valence electrons. The van der Waals surface area contributed by atoms with Gasteiger partial charge in [0.25, 0.3) is 11.5 Å². The van der Waals surface area contributed by atoms with Crippen molar-refractivity contribution in [2.75, 3.05) is 0 Å². The fraction of sp³-hybridized carbons (Fsp3) is 0.125. The molecule has 4 rings (SSSR count). The van der Waals surface area contributed by atoms with Crippen LogP contribution in [0, 0.1) is 12.7 Å². The Morgan fingerprint density at radius 3 is 2.48 bits per heavy atom. The SMILES string of the molecule is Cc1ccc(-n2nc(C(=O)NCc3cccnc3)c(=O)n(Cc3ccccc3)c2=O)cc1F. The van der Waals surface area contributed by atoms with E-state index in [-0.39, 0.29) is 18.8 Å². The number of halogens is 1. The van der Waals surface area contributed by atoms with Gasteiger partial charge >= 0.3 is 5.69 Å². The quantitative estimate of drug-likeness (QED) is 0.491. The maximum Gasteiger partial charge on any atom is 0.352 e. The number of benzene rings is 2. The molecule has 0 radical (unpaired) electrons. The molecule has 2 heterocycles. The number of carbonyl (C=O) groups is 1. The molecule has 8 nitrogen and oxygen atoms in total. The topological polar surface area (TPSA) is 98.9 Å². The van der Waals surface area contributed by atoms with Crippen LogP contribution in [0.1, 0.15) is 27.2 Å². The van der Waals surface area contributed by atoms with Crippen molar-refractivity contribution in [3.05, 3.63) is 122 Å². The second-order valence-corrected chi connectivity index (χ2v) is 7.40. The van der Waals surface area contributed by atoms with Crippen molar-refractivity contribution < 1.29 is 9.18 Å². The van der Waals surface area contributed by atoms with Crippen LogP contribution in [-0.4, -0.2) is 25.2 Å². The summed E-state index contributed by atoms with van der Waals surface area (Å²) in [6, 6.07) is 16.5. The molecule has 2 aromatic heterocycles. The Balaban J connectivity index is 1.80. The Kier molecular flexibility index (Phi) is 6.21. The van der Waals surface area contributed by atoms with Gasteiger partial charge < -0.3 is 5.32 Å². The highest BCUT2D eigenvalue weighted by atomic mass is 19.1. The Bertz CT molecular complexity index is 1420. The molecule has 33 heavy (non-hydrogen) atoms. The summed E-state index contributed by atoms with van der Waals surface area (Å²) in [5, 5.41) is 6.63. The van der Waals surface area contributed by atoms with E-state index in [1.54, 1.807) is 55.7 Å². The largest absolute Gasteiger partial charge is 0.352 e. The molecule has 0 saturated heterocycles. The summed E-state index contributed by atoms with van der Waals surface area (Å²) in [6.45, 7) is 1.63. The standard InChI is InChI=1S/C24H20FN5O3/c1-16-9-10-19(12-20(16)25)30-24(33)29(15-17-6-3-2-4-7-17)23(32)21(28-30)22(31)27-14-18-8-5-11-26-13-18/h2-13H,14-15H2,1H3,(H,27,31). The Morgan fingerprint density at radius 2 is 1.79 bits per heavy atom. The van der Waals surface area contributed by atoms with Crippen molar-refractivity contribution in [2.45, 2.75) is 20.0 Å². The van der Waals surface area contributed by atoms with E-state index in [2.05, 4.69) is 15.4 Å². The third-order valence-corrected chi connectivity index (χ3v) is 5.03. The minimum absolute atomic E-state index is 0.0712. The first-order valence-electron chi connectivity index (χ1n) is 10.2. The number of hydrogen-bond acceptors (Lipinski definition) is 5. The zero-order valence-electron chi connectivity index (χ0n) is 17.7. The number of amides is 1. The van der Waals surface area contributed by atoms with Gasteiger partial charge in [0.15, 0.2) is 0 Å². The molecular weight excluding hydrogens is 425 g/mol. The first-order chi connectivity index (χ1) is 15.9. The van der Waals surface area contributed by atoms with Crippen molar-refractivity contribution in [1.82, 2.24) is 24.6 Å². The molecule has 1 N–H and O–H groups in total. The average Bonchev–Trinajstić information content (AvgIpc) is 2.83. The number of nitrogens with one attached hydrogen (secondary N) is 1. The van der Waals surface area contributed by atoms with E-state index in [4.69, 9.17) is 0 Å². The van der Waals surface area contributed by atoms with Crippen LogP contribution in [0.25, 0.3) is 5.69 Å². The minimum atomic E-state index is -0.837. The molecule has 0 fully saturated rings. The predicted octanol–water partition coefficient (Wildman–Crippen LogP) is 2.22. The zero-order chi connectivity index (χ0) is 23.4. The lowest BCUT2D eigenvalue weighted by atomic mass is 10.2. The lowest BCUT2D eigenvalue weighted by Crippen LogP contribution is -2.46. The molecule has 0 spiro atoms. The molecular formula is C24H20FN5O3. The van der Waals surface area contributed by atoms with Crippen LogP contribution in [0.3, 0.4) is 0 Å². The highest BCUT2D eigenvalue weighted by Crippen LogP contribution is 2.11. The average molecular weight is 445 g/mol. The minimum Gasteiger partial charge on any atom is -0.346 e. The van der Waals surface area contributed by atoms with Crippen LogP contribution < -0.4 is 16.6 Å². The normalized spacial score (nSPS) is 10.7. The first kappa shape index (κ1) is 21.8. The van der Waals surface area contributed by atoms with Crippen molar-refractivity contribution in [2.24, 2.45) is 0 Å². The summed E-state index contributed by atoms with van der Waals surface area (Å²) in [5.74, 6) is -1.29. The van der Waals surface area contributed by atoms with Gasteiger partial charge in [-0.05, 0) is 35.7 Å². The molecule has 1 amide bonds. The molecule has 0 aliphatic carbocycles. The van der Waals surface area contributed by atoms with E-state index in [9.17, 15) is 18.8 Å². The summed E-state index contributed by atoms with van der Waals surface area (Å²) in [7, 11) is 0. The zero-order valence-corrected chi connectivity index (χ0v) is 17.7. The van der Waals surface area contributed by atoms with Gasteiger partial charge in [0, 0.05) is 25.0 Å². The van der Waals surface area contributed by atoms with Crippen molar-refractivity contribution >= 4 is 5.91 Å². The highest BCUT2D eigenvalue weighted by molar-refractivity contribution is 5.91. The van der Waals surface area contributed by atoms with E-state index in [1.807, 2.05) is 6.07 Å². The number of nitrogens with zero attached hydrogens (tertiary/aromatic N) is 4. The molecule has 0 aliphatic heterocycles. The van der Waals surface area contributed by atoms with Crippen molar-refractivity contribution in [3.63, 3.8) is 0 Å². The molecule has 0 aliphatic rings. The van der Waals surface area contributed by atoms with E-state index in [1.165, 1.54) is 12.1 Å². The van der Waals surface area contributed by atoms with Crippen LogP contribution in [0.2, 0.25) is 0 Å². The number of carbonyl (C=O) groups excluding carboxylic acids is 1. The number of aryl methyl sites for hydroxylation is 1. The van der Waals surface area contributed by atoms with E-state index in [0.29, 0.717) is 11.1 Å². The maximum atomic E-state index is 14.2. The van der Waals surface area contributed by atoms with Gasteiger partial charge in [-0.15, -0.1) is 0 Å².